The van der Waals surface area contributed by atoms with Crippen molar-refractivity contribution >= 4 is 23.2 Å². The highest BCUT2D eigenvalue weighted by atomic mass is 32.1. The smallest absolute Gasteiger partial charge is 0.270 e. The molecule has 2 amide bonds. The van der Waals surface area contributed by atoms with Crippen molar-refractivity contribution in [3.63, 3.8) is 0 Å². The number of hydrogen-bond donors (Lipinski definition) is 3. The monoisotopic (exact) mass is 490 g/mol. The molecule has 1 fully saturated rings. The van der Waals surface area contributed by atoms with Gasteiger partial charge < -0.3 is 30.2 Å². The van der Waals surface area contributed by atoms with E-state index in [4.69, 9.17) is 14.2 Å². The lowest BCUT2D eigenvalue weighted by Crippen LogP contribution is -2.36. The maximum absolute atomic E-state index is 13.1. The van der Waals surface area contributed by atoms with Crippen LogP contribution in [0.1, 0.15) is 58.6 Å². The average molecular weight is 491 g/mol. The van der Waals surface area contributed by atoms with Crippen LogP contribution in [0.15, 0.2) is 17.5 Å². The Morgan fingerprint density at radius 1 is 1.09 bits per heavy atom. The Balaban J connectivity index is 1.71. The maximum Gasteiger partial charge on any atom is 0.270 e. The van der Waals surface area contributed by atoms with Crippen LogP contribution in [-0.2, 0) is 0 Å². The Morgan fingerprint density at radius 3 is 2.29 bits per heavy atom. The Labute approximate surface area is 204 Å². The molecule has 0 radical (unpaired) electrons. The third-order valence-corrected chi connectivity index (χ3v) is 6.84. The van der Waals surface area contributed by atoms with Crippen LogP contribution in [0.5, 0.6) is 17.2 Å². The fourth-order valence-electron chi connectivity index (χ4n) is 3.90. The van der Waals surface area contributed by atoms with E-state index in [1.165, 1.54) is 32.7 Å². The lowest BCUT2D eigenvalue weighted by Gasteiger charge is -2.22. The molecule has 1 aromatic heterocycles. The second-order valence-electron chi connectivity index (χ2n) is 8.58. The summed E-state index contributed by atoms with van der Waals surface area (Å²) in [5, 5.41) is 11.8. The number of methoxy groups -OCH3 is 3. The molecule has 34 heavy (non-hydrogen) atoms. The molecular formula is C24H34N4O5S. The van der Waals surface area contributed by atoms with E-state index < -0.39 is 0 Å². The number of aromatic nitrogens is 1. The average Bonchev–Trinajstić information content (AvgIpc) is 3.35. The van der Waals surface area contributed by atoms with Crippen LogP contribution in [0.3, 0.4) is 0 Å². The quantitative estimate of drug-likeness (QED) is 0.469. The van der Waals surface area contributed by atoms with Gasteiger partial charge in [0.1, 0.15) is 10.7 Å². The van der Waals surface area contributed by atoms with Crippen molar-refractivity contribution < 1.29 is 23.8 Å². The number of amides is 2. The molecule has 1 saturated heterocycles. The summed E-state index contributed by atoms with van der Waals surface area (Å²) in [6.45, 7) is 6.63. The van der Waals surface area contributed by atoms with Gasteiger partial charge in [0.05, 0.1) is 27.4 Å². The Morgan fingerprint density at radius 2 is 1.74 bits per heavy atom. The third-order valence-electron chi connectivity index (χ3n) is 5.91. The number of thiazole rings is 1. The Bertz CT molecular complexity index is 962. The van der Waals surface area contributed by atoms with E-state index in [0.29, 0.717) is 46.0 Å². The van der Waals surface area contributed by atoms with Crippen LogP contribution in [0, 0.1) is 11.8 Å². The minimum absolute atomic E-state index is 0.0581. The van der Waals surface area contributed by atoms with Crippen molar-refractivity contribution in [2.24, 2.45) is 11.8 Å². The van der Waals surface area contributed by atoms with Gasteiger partial charge in [-0.3, -0.25) is 9.59 Å². The molecule has 0 bridgehead atoms. The van der Waals surface area contributed by atoms with Crippen molar-refractivity contribution in [3.8, 4) is 17.2 Å². The first-order chi connectivity index (χ1) is 16.4. The minimum Gasteiger partial charge on any atom is -0.493 e. The fraction of sp³-hybridized carbons (Fsp3) is 0.542. The maximum atomic E-state index is 13.1. The van der Waals surface area contributed by atoms with Crippen LogP contribution in [0.4, 0.5) is 0 Å². The van der Waals surface area contributed by atoms with Crippen molar-refractivity contribution in [1.29, 1.82) is 0 Å². The molecule has 0 aliphatic carbocycles. The van der Waals surface area contributed by atoms with Gasteiger partial charge >= 0.3 is 0 Å². The molecule has 3 rings (SSSR count). The summed E-state index contributed by atoms with van der Waals surface area (Å²) in [4.78, 5) is 30.3. The molecule has 9 nitrogen and oxygen atoms in total. The molecule has 1 aliphatic heterocycles. The molecule has 3 N–H and O–H groups in total. The highest BCUT2D eigenvalue weighted by molar-refractivity contribution is 7.09. The molecule has 0 spiro atoms. The molecule has 1 aromatic carbocycles. The van der Waals surface area contributed by atoms with Crippen molar-refractivity contribution in [2.45, 2.75) is 32.7 Å². The zero-order valence-electron chi connectivity index (χ0n) is 20.4. The largest absolute Gasteiger partial charge is 0.493 e. The zero-order valence-corrected chi connectivity index (χ0v) is 21.2. The normalized spacial score (nSPS) is 15.0. The first-order valence-electron chi connectivity index (χ1n) is 11.4. The number of ether oxygens (including phenoxy) is 3. The number of carbonyl (C=O) groups is 2. The minimum atomic E-state index is -0.359. The number of carbonyl (C=O) groups excluding carboxylic acids is 2. The van der Waals surface area contributed by atoms with E-state index in [2.05, 4.69) is 20.9 Å². The van der Waals surface area contributed by atoms with Crippen LogP contribution in [-0.4, -0.2) is 57.8 Å². The van der Waals surface area contributed by atoms with Crippen LogP contribution in [0.2, 0.25) is 0 Å². The predicted molar refractivity (Wildman–Crippen MR) is 131 cm³/mol. The van der Waals surface area contributed by atoms with Crippen LogP contribution >= 0.6 is 11.3 Å². The summed E-state index contributed by atoms with van der Waals surface area (Å²) < 4.78 is 16.1. The van der Waals surface area contributed by atoms with E-state index in [1.807, 2.05) is 13.8 Å². The lowest BCUT2D eigenvalue weighted by molar-refractivity contribution is 0.0924. The third kappa shape index (κ3) is 6.18. The van der Waals surface area contributed by atoms with Crippen molar-refractivity contribution in [1.82, 2.24) is 20.9 Å². The Hall–Kier alpha value is -2.85. The molecular weight excluding hydrogens is 456 g/mol. The lowest BCUT2D eigenvalue weighted by atomic mass is 9.98. The summed E-state index contributed by atoms with van der Waals surface area (Å²) in [5.41, 5.74) is 0.748. The summed E-state index contributed by atoms with van der Waals surface area (Å²) in [7, 11) is 4.52. The number of nitrogens with one attached hydrogen (secondary N) is 3. The second-order valence-corrected chi connectivity index (χ2v) is 9.47. The van der Waals surface area contributed by atoms with Gasteiger partial charge in [0.2, 0.25) is 5.75 Å². The molecule has 1 unspecified atom stereocenters. The first kappa shape index (κ1) is 25.8. The zero-order chi connectivity index (χ0) is 24.7. The number of rotatable bonds is 10. The van der Waals surface area contributed by atoms with Gasteiger partial charge in [-0.2, -0.15) is 0 Å². The van der Waals surface area contributed by atoms with Gasteiger partial charge in [-0.1, -0.05) is 13.8 Å². The van der Waals surface area contributed by atoms with E-state index in [-0.39, 0.29) is 23.8 Å². The fourth-order valence-corrected chi connectivity index (χ4v) is 4.92. The number of nitrogens with zero attached hydrogens (tertiary/aromatic N) is 1. The second kappa shape index (κ2) is 12.0. The highest BCUT2D eigenvalue weighted by Gasteiger charge is 2.25. The van der Waals surface area contributed by atoms with Crippen molar-refractivity contribution in [2.75, 3.05) is 41.0 Å². The summed E-state index contributed by atoms with van der Waals surface area (Å²) in [6, 6.07) is 2.85. The molecule has 1 aliphatic rings. The van der Waals surface area contributed by atoms with Gasteiger partial charge in [-0.25, -0.2) is 4.98 Å². The van der Waals surface area contributed by atoms with E-state index >= 15 is 0 Å². The molecule has 186 valence electrons. The molecule has 2 aromatic rings. The van der Waals surface area contributed by atoms with Crippen molar-refractivity contribution in [3.05, 3.63) is 33.8 Å². The highest BCUT2D eigenvalue weighted by Crippen LogP contribution is 2.38. The Kier molecular flexibility index (Phi) is 9.12. The van der Waals surface area contributed by atoms with E-state index in [0.717, 1.165) is 25.9 Å². The summed E-state index contributed by atoms with van der Waals surface area (Å²) in [6.07, 6.45) is 2.12. The van der Waals surface area contributed by atoms with Crippen LogP contribution in [0.25, 0.3) is 0 Å². The standard InChI is InChI=1S/C24H34N4O5S/c1-14(2)20(28-22(29)16-10-18(31-3)21(33-5)19(11-16)32-4)24-27-17(13-34-24)23(30)26-12-15-6-8-25-9-7-15/h10-11,13-15,20,25H,6-9,12H2,1-5H3,(H,26,30)(H,28,29). The topological polar surface area (TPSA) is 111 Å². The number of benzene rings is 1. The molecule has 2 heterocycles. The van der Waals surface area contributed by atoms with Crippen LogP contribution < -0.4 is 30.2 Å². The van der Waals surface area contributed by atoms with Gasteiger partial charge in [-0.05, 0) is 49.9 Å². The van der Waals surface area contributed by atoms with E-state index in [9.17, 15) is 9.59 Å². The van der Waals surface area contributed by atoms with E-state index in [1.54, 1.807) is 17.5 Å². The molecule has 1 atom stereocenters. The number of piperidine rings is 1. The first-order valence-corrected chi connectivity index (χ1v) is 12.3. The summed E-state index contributed by atoms with van der Waals surface area (Å²) >= 11 is 1.37. The van der Waals surface area contributed by atoms with Gasteiger partial charge in [-0.15, -0.1) is 11.3 Å². The van der Waals surface area contributed by atoms with Gasteiger partial charge in [0.25, 0.3) is 11.8 Å². The number of hydrogen-bond acceptors (Lipinski definition) is 8. The van der Waals surface area contributed by atoms with Gasteiger partial charge in [0, 0.05) is 17.5 Å². The molecule has 10 heteroatoms. The summed E-state index contributed by atoms with van der Waals surface area (Å²) in [5.74, 6) is 1.28. The van der Waals surface area contributed by atoms with Gasteiger partial charge in [0.15, 0.2) is 11.5 Å². The molecule has 0 saturated carbocycles. The predicted octanol–water partition coefficient (Wildman–Crippen LogP) is 3.03. The SMILES string of the molecule is COc1cc(C(=O)NC(c2nc(C(=O)NCC3CCNCC3)cs2)C(C)C)cc(OC)c1OC.